The molecule has 1 saturated heterocycles. The van der Waals surface area contributed by atoms with E-state index in [0.717, 1.165) is 25.0 Å². The minimum absolute atomic E-state index is 0.0901. The van der Waals surface area contributed by atoms with Crippen LogP contribution >= 0.6 is 0 Å². The first kappa shape index (κ1) is 16.0. The van der Waals surface area contributed by atoms with Crippen LogP contribution in [-0.2, 0) is 23.1 Å². The third-order valence-corrected chi connectivity index (χ3v) is 4.93. The van der Waals surface area contributed by atoms with Gasteiger partial charge in [0.2, 0.25) is 0 Å². The highest BCUT2D eigenvalue weighted by molar-refractivity contribution is 5.96. The molecule has 0 spiro atoms. The van der Waals surface area contributed by atoms with Gasteiger partial charge in [-0.25, -0.2) is 9.49 Å². The van der Waals surface area contributed by atoms with E-state index >= 15 is 0 Å². The van der Waals surface area contributed by atoms with Crippen molar-refractivity contribution in [2.24, 2.45) is 0 Å². The Balaban J connectivity index is 1.71. The van der Waals surface area contributed by atoms with E-state index in [1.54, 1.807) is 18.2 Å². The number of amides is 1. The number of carbonyl (C=O) groups is 1. The Hall–Kier alpha value is -2.54. The van der Waals surface area contributed by atoms with Crippen molar-refractivity contribution in [3.63, 3.8) is 0 Å². The second-order valence-electron chi connectivity index (χ2n) is 6.57. The Morgan fingerprint density at radius 3 is 2.72 bits per heavy atom. The number of H-pyrrole nitrogens is 1. The first-order valence-electron chi connectivity index (χ1n) is 8.36. The number of benzene rings is 1. The lowest BCUT2D eigenvalue weighted by molar-refractivity contribution is -0.0749. The van der Waals surface area contributed by atoms with Crippen LogP contribution in [0, 0.1) is 5.82 Å². The van der Waals surface area contributed by atoms with Crippen molar-refractivity contribution < 1.29 is 13.9 Å². The molecule has 0 radical (unpaired) electrons. The number of aryl methyl sites for hydroxylation is 1. The van der Waals surface area contributed by atoms with Gasteiger partial charge in [-0.3, -0.25) is 9.59 Å². The first-order valence-corrected chi connectivity index (χ1v) is 8.36. The Kier molecular flexibility index (Phi) is 3.88. The summed E-state index contributed by atoms with van der Waals surface area (Å²) >= 11 is 0. The zero-order valence-electron chi connectivity index (χ0n) is 13.6. The van der Waals surface area contributed by atoms with Gasteiger partial charge < -0.3 is 10.1 Å². The second-order valence-corrected chi connectivity index (χ2v) is 6.57. The van der Waals surface area contributed by atoms with Crippen molar-refractivity contribution in [2.45, 2.75) is 31.2 Å². The molecule has 2 N–H and O–H groups in total. The van der Waals surface area contributed by atoms with Gasteiger partial charge in [-0.05, 0) is 37.3 Å². The third kappa shape index (κ3) is 2.64. The van der Waals surface area contributed by atoms with Gasteiger partial charge in [0.05, 0.1) is 18.9 Å². The van der Waals surface area contributed by atoms with Gasteiger partial charge >= 0.3 is 0 Å². The molecule has 0 unspecified atom stereocenters. The van der Waals surface area contributed by atoms with E-state index in [2.05, 4.69) is 15.5 Å². The number of rotatable bonds is 3. The van der Waals surface area contributed by atoms with Gasteiger partial charge in [0.1, 0.15) is 16.9 Å². The molecule has 2 heterocycles. The number of aromatic nitrogens is 2. The van der Waals surface area contributed by atoms with E-state index < -0.39 is 22.8 Å². The molecule has 130 valence electrons. The molecule has 6 nitrogen and oxygen atoms in total. The van der Waals surface area contributed by atoms with Gasteiger partial charge in [0.15, 0.2) is 0 Å². The van der Waals surface area contributed by atoms with Crippen LogP contribution in [0.2, 0.25) is 0 Å². The molecular formula is C18H18FN3O3. The molecular weight excluding hydrogens is 325 g/mol. The number of aromatic amines is 1. The fraction of sp³-hybridized carbons (Fsp3) is 0.389. The summed E-state index contributed by atoms with van der Waals surface area (Å²) in [6.07, 6.45) is 3.30. The van der Waals surface area contributed by atoms with Crippen LogP contribution in [0.5, 0.6) is 0 Å². The average Bonchev–Trinajstić information content (AvgIpc) is 2.58. The molecule has 0 saturated carbocycles. The van der Waals surface area contributed by atoms with E-state index in [9.17, 15) is 14.0 Å². The van der Waals surface area contributed by atoms with Crippen molar-refractivity contribution in [1.82, 2.24) is 15.5 Å². The topological polar surface area (TPSA) is 84.1 Å². The predicted molar refractivity (Wildman–Crippen MR) is 87.9 cm³/mol. The maximum atomic E-state index is 14.2. The molecule has 1 amide bonds. The summed E-state index contributed by atoms with van der Waals surface area (Å²) in [5.74, 6) is -0.912. The van der Waals surface area contributed by atoms with Crippen LogP contribution in [0.4, 0.5) is 4.39 Å². The lowest BCUT2D eigenvalue weighted by atomic mass is 9.86. The normalized spacial score (nSPS) is 18.1. The Bertz CT molecular complexity index is 889. The standard InChI is InChI=1S/C18H18FN3O3/c19-13-7-3-2-6-12(13)18(9-25-10-18)20-16(23)15-11-5-1-4-8-14(11)21-22-17(15)24/h2-3,6-7H,1,4-5,8-10H2,(H,20,23)(H,22,24). The fourth-order valence-electron chi connectivity index (χ4n) is 3.56. The fourth-order valence-corrected chi connectivity index (χ4v) is 3.56. The molecule has 4 rings (SSSR count). The van der Waals surface area contributed by atoms with Crippen LogP contribution in [0.15, 0.2) is 29.1 Å². The highest BCUT2D eigenvalue weighted by Crippen LogP contribution is 2.32. The summed E-state index contributed by atoms with van der Waals surface area (Å²) in [6.45, 7) is 0.343. The molecule has 0 bridgehead atoms. The highest BCUT2D eigenvalue weighted by Gasteiger charge is 2.44. The summed E-state index contributed by atoms with van der Waals surface area (Å²) in [7, 11) is 0. The summed E-state index contributed by atoms with van der Waals surface area (Å²) in [4.78, 5) is 25.1. The number of hydrogen-bond acceptors (Lipinski definition) is 4. The summed E-state index contributed by atoms with van der Waals surface area (Å²) in [6, 6.07) is 6.29. The zero-order valence-corrected chi connectivity index (χ0v) is 13.6. The Labute approximate surface area is 143 Å². The largest absolute Gasteiger partial charge is 0.376 e. The molecule has 25 heavy (non-hydrogen) atoms. The number of fused-ring (bicyclic) bond motifs is 1. The van der Waals surface area contributed by atoms with Crippen LogP contribution in [-0.4, -0.2) is 29.3 Å². The third-order valence-electron chi connectivity index (χ3n) is 4.93. The maximum Gasteiger partial charge on any atom is 0.277 e. The number of carbonyl (C=O) groups excluding carboxylic acids is 1. The molecule has 2 aliphatic rings. The lowest BCUT2D eigenvalue weighted by Gasteiger charge is -2.42. The molecule has 1 aliphatic carbocycles. The first-order chi connectivity index (χ1) is 12.1. The van der Waals surface area contributed by atoms with Crippen LogP contribution in [0.1, 0.15) is 40.0 Å². The molecule has 1 aliphatic heterocycles. The van der Waals surface area contributed by atoms with Crippen molar-refractivity contribution in [2.75, 3.05) is 13.2 Å². The predicted octanol–water partition coefficient (Wildman–Crippen LogP) is 1.44. The van der Waals surface area contributed by atoms with E-state index in [1.807, 2.05) is 0 Å². The second kappa shape index (κ2) is 6.07. The summed E-state index contributed by atoms with van der Waals surface area (Å²) < 4.78 is 19.5. The molecule has 2 aromatic rings. The highest BCUT2D eigenvalue weighted by atomic mass is 19.1. The van der Waals surface area contributed by atoms with Crippen molar-refractivity contribution in [1.29, 1.82) is 0 Å². The quantitative estimate of drug-likeness (QED) is 0.883. The smallest absolute Gasteiger partial charge is 0.277 e. The van der Waals surface area contributed by atoms with Gasteiger partial charge in [-0.15, -0.1) is 0 Å². The average molecular weight is 343 g/mol. The zero-order chi connectivity index (χ0) is 17.4. The number of halogens is 1. The van der Waals surface area contributed by atoms with E-state index in [1.165, 1.54) is 6.07 Å². The molecule has 7 heteroatoms. The summed E-state index contributed by atoms with van der Waals surface area (Å²) in [5, 5.41) is 9.32. The van der Waals surface area contributed by atoms with Crippen LogP contribution in [0.25, 0.3) is 0 Å². The Morgan fingerprint density at radius 2 is 2.00 bits per heavy atom. The number of nitrogens with one attached hydrogen (secondary N) is 2. The number of nitrogens with zero attached hydrogens (tertiary/aromatic N) is 1. The van der Waals surface area contributed by atoms with Gasteiger partial charge in [0.25, 0.3) is 11.5 Å². The molecule has 1 aromatic heterocycles. The van der Waals surface area contributed by atoms with Crippen LogP contribution in [0.3, 0.4) is 0 Å². The van der Waals surface area contributed by atoms with Gasteiger partial charge in [-0.1, -0.05) is 18.2 Å². The Morgan fingerprint density at radius 1 is 1.24 bits per heavy atom. The molecule has 1 fully saturated rings. The van der Waals surface area contributed by atoms with Crippen molar-refractivity contribution >= 4 is 5.91 Å². The van der Waals surface area contributed by atoms with Crippen LogP contribution < -0.4 is 10.9 Å². The SMILES string of the molecule is O=C(NC1(c2ccccc2F)COC1)c1c2c(n[nH]c1=O)CCCC2. The number of ether oxygens (including phenoxy) is 1. The van der Waals surface area contributed by atoms with Gasteiger partial charge in [-0.2, -0.15) is 5.10 Å². The lowest BCUT2D eigenvalue weighted by Crippen LogP contribution is -2.60. The monoisotopic (exact) mass is 343 g/mol. The minimum Gasteiger partial charge on any atom is -0.376 e. The summed E-state index contributed by atoms with van der Waals surface area (Å²) in [5.41, 5.74) is 0.472. The van der Waals surface area contributed by atoms with Crippen molar-refractivity contribution in [3.8, 4) is 0 Å². The van der Waals surface area contributed by atoms with E-state index in [-0.39, 0.29) is 18.8 Å². The van der Waals surface area contributed by atoms with E-state index in [4.69, 9.17) is 4.74 Å². The van der Waals surface area contributed by atoms with Crippen molar-refractivity contribution in [3.05, 3.63) is 62.8 Å². The number of hydrogen-bond donors (Lipinski definition) is 2. The maximum absolute atomic E-state index is 14.2. The van der Waals surface area contributed by atoms with E-state index in [0.29, 0.717) is 17.5 Å². The minimum atomic E-state index is -0.945. The molecule has 0 atom stereocenters. The molecule has 1 aromatic carbocycles. The van der Waals surface area contributed by atoms with Gasteiger partial charge in [0, 0.05) is 5.56 Å².